The molecule has 0 amide bonds. The second-order valence-electron chi connectivity index (χ2n) is 4.00. The van der Waals surface area contributed by atoms with Gasteiger partial charge in [0.25, 0.3) is 0 Å². The molecule has 70 valence electrons. The summed E-state index contributed by atoms with van der Waals surface area (Å²) < 4.78 is 0. The molecule has 0 unspecified atom stereocenters. The Kier molecular flexibility index (Phi) is 2.92. The molecular formula is C13H18. The van der Waals surface area contributed by atoms with Gasteiger partial charge in [-0.25, -0.2) is 0 Å². The van der Waals surface area contributed by atoms with E-state index in [-0.39, 0.29) is 0 Å². The summed E-state index contributed by atoms with van der Waals surface area (Å²) in [6.07, 6.45) is 1.01. The minimum Gasteiger partial charge on any atom is -0.0998 e. The van der Waals surface area contributed by atoms with E-state index < -0.39 is 0 Å². The van der Waals surface area contributed by atoms with Crippen molar-refractivity contribution in [1.82, 2.24) is 0 Å². The summed E-state index contributed by atoms with van der Waals surface area (Å²) in [5.74, 6) is 0. The molecule has 0 heterocycles. The van der Waals surface area contributed by atoms with E-state index in [0.29, 0.717) is 0 Å². The SMILES string of the molecule is C=C(C)Cc1cc(C)c(C)cc1C. The van der Waals surface area contributed by atoms with Crippen LogP contribution in [0.2, 0.25) is 0 Å². The second kappa shape index (κ2) is 3.78. The van der Waals surface area contributed by atoms with Gasteiger partial charge in [0, 0.05) is 0 Å². The van der Waals surface area contributed by atoms with Gasteiger partial charge in [0.2, 0.25) is 0 Å². The number of rotatable bonds is 2. The van der Waals surface area contributed by atoms with Crippen molar-refractivity contribution in [2.75, 3.05) is 0 Å². The Morgan fingerprint density at radius 2 is 1.62 bits per heavy atom. The van der Waals surface area contributed by atoms with Crippen LogP contribution in [0.15, 0.2) is 24.3 Å². The zero-order valence-corrected chi connectivity index (χ0v) is 9.07. The Balaban J connectivity index is 3.08. The molecule has 1 aromatic carbocycles. The van der Waals surface area contributed by atoms with Crippen LogP contribution in [0.25, 0.3) is 0 Å². The first-order valence-corrected chi connectivity index (χ1v) is 4.72. The smallest absolute Gasteiger partial charge is 0.00698 e. The minimum atomic E-state index is 1.01. The average molecular weight is 174 g/mol. The number of hydrogen-bond acceptors (Lipinski definition) is 0. The van der Waals surface area contributed by atoms with Crippen LogP contribution >= 0.6 is 0 Å². The molecule has 0 aliphatic heterocycles. The molecule has 0 bridgehead atoms. The lowest BCUT2D eigenvalue weighted by molar-refractivity contribution is 1.11. The molecular weight excluding hydrogens is 156 g/mol. The topological polar surface area (TPSA) is 0 Å². The van der Waals surface area contributed by atoms with Crippen molar-refractivity contribution in [3.8, 4) is 0 Å². The lowest BCUT2D eigenvalue weighted by atomic mass is 9.97. The fourth-order valence-electron chi connectivity index (χ4n) is 1.54. The molecule has 0 nitrogen and oxygen atoms in total. The van der Waals surface area contributed by atoms with E-state index in [9.17, 15) is 0 Å². The third-order valence-corrected chi connectivity index (χ3v) is 2.44. The van der Waals surface area contributed by atoms with E-state index in [2.05, 4.69) is 46.4 Å². The van der Waals surface area contributed by atoms with Crippen LogP contribution in [0.5, 0.6) is 0 Å². The molecule has 0 N–H and O–H groups in total. The fraction of sp³-hybridized carbons (Fsp3) is 0.385. The second-order valence-corrected chi connectivity index (χ2v) is 4.00. The van der Waals surface area contributed by atoms with E-state index in [1.54, 1.807) is 0 Å². The van der Waals surface area contributed by atoms with Gasteiger partial charge in [-0.1, -0.05) is 24.3 Å². The highest BCUT2D eigenvalue weighted by molar-refractivity contribution is 5.38. The molecule has 1 rings (SSSR count). The Bertz CT molecular complexity index is 332. The number of allylic oxidation sites excluding steroid dienone is 1. The van der Waals surface area contributed by atoms with Crippen molar-refractivity contribution < 1.29 is 0 Å². The van der Waals surface area contributed by atoms with Crippen molar-refractivity contribution in [2.24, 2.45) is 0 Å². The normalized spacial score (nSPS) is 10.2. The van der Waals surface area contributed by atoms with E-state index in [4.69, 9.17) is 0 Å². The summed E-state index contributed by atoms with van der Waals surface area (Å²) in [5, 5.41) is 0. The zero-order chi connectivity index (χ0) is 10.0. The van der Waals surface area contributed by atoms with E-state index in [1.807, 2.05) is 0 Å². The van der Waals surface area contributed by atoms with Gasteiger partial charge in [0.05, 0.1) is 0 Å². The Hall–Kier alpha value is -1.04. The Morgan fingerprint density at radius 3 is 2.15 bits per heavy atom. The van der Waals surface area contributed by atoms with Gasteiger partial charge >= 0.3 is 0 Å². The maximum Gasteiger partial charge on any atom is -0.00698 e. The van der Waals surface area contributed by atoms with Gasteiger partial charge in [0.15, 0.2) is 0 Å². The quantitative estimate of drug-likeness (QED) is 0.599. The standard InChI is InChI=1S/C13H18/c1-9(2)6-13-8-11(4)10(3)7-12(13)5/h7-8H,1,6H2,2-5H3. The maximum atomic E-state index is 3.94. The molecule has 0 fully saturated rings. The minimum absolute atomic E-state index is 1.01. The van der Waals surface area contributed by atoms with Gasteiger partial charge < -0.3 is 0 Å². The lowest BCUT2D eigenvalue weighted by Gasteiger charge is -2.09. The molecule has 1 aromatic rings. The van der Waals surface area contributed by atoms with E-state index >= 15 is 0 Å². The lowest BCUT2D eigenvalue weighted by Crippen LogP contribution is -1.93. The first-order valence-electron chi connectivity index (χ1n) is 4.72. The molecule has 13 heavy (non-hydrogen) atoms. The maximum absolute atomic E-state index is 3.94. The predicted molar refractivity (Wildman–Crippen MR) is 59.2 cm³/mol. The van der Waals surface area contributed by atoms with Crippen LogP contribution in [0, 0.1) is 20.8 Å². The molecule has 0 heteroatoms. The summed E-state index contributed by atoms with van der Waals surface area (Å²) in [6.45, 7) is 12.5. The first kappa shape index (κ1) is 10.0. The first-order chi connectivity index (χ1) is 6.00. The molecule has 0 radical (unpaired) electrons. The fourth-order valence-corrected chi connectivity index (χ4v) is 1.54. The Morgan fingerprint density at radius 1 is 1.08 bits per heavy atom. The third kappa shape index (κ3) is 2.45. The molecule has 0 saturated carbocycles. The monoisotopic (exact) mass is 174 g/mol. The zero-order valence-electron chi connectivity index (χ0n) is 9.07. The number of benzene rings is 1. The molecule has 0 aromatic heterocycles. The van der Waals surface area contributed by atoms with Gasteiger partial charge in [0.1, 0.15) is 0 Å². The summed E-state index contributed by atoms with van der Waals surface area (Å²) in [6, 6.07) is 4.53. The highest BCUT2D eigenvalue weighted by Crippen LogP contribution is 2.17. The Labute approximate surface area is 81.3 Å². The average Bonchev–Trinajstić information content (AvgIpc) is 1.99. The van der Waals surface area contributed by atoms with Crippen LogP contribution in [0.1, 0.15) is 29.2 Å². The highest BCUT2D eigenvalue weighted by Gasteiger charge is 2.01. The predicted octanol–water partition coefficient (Wildman–Crippen LogP) is 3.73. The molecule has 0 spiro atoms. The van der Waals surface area contributed by atoms with Gasteiger partial charge in [-0.05, 0) is 56.4 Å². The number of aryl methyl sites for hydroxylation is 3. The van der Waals surface area contributed by atoms with Crippen molar-refractivity contribution in [1.29, 1.82) is 0 Å². The number of hydrogen-bond donors (Lipinski definition) is 0. The van der Waals surface area contributed by atoms with Crippen molar-refractivity contribution in [3.05, 3.63) is 46.5 Å². The van der Waals surface area contributed by atoms with Crippen molar-refractivity contribution >= 4 is 0 Å². The molecule has 0 aliphatic rings. The third-order valence-electron chi connectivity index (χ3n) is 2.44. The van der Waals surface area contributed by atoms with E-state index in [0.717, 1.165) is 6.42 Å². The van der Waals surface area contributed by atoms with Crippen molar-refractivity contribution in [3.63, 3.8) is 0 Å². The van der Waals surface area contributed by atoms with E-state index in [1.165, 1.54) is 27.8 Å². The molecule has 0 atom stereocenters. The van der Waals surface area contributed by atoms with Gasteiger partial charge in [-0.15, -0.1) is 0 Å². The largest absolute Gasteiger partial charge is 0.0998 e. The molecule has 0 aliphatic carbocycles. The van der Waals surface area contributed by atoms with Crippen LogP contribution in [0.4, 0.5) is 0 Å². The molecule has 0 saturated heterocycles. The van der Waals surface area contributed by atoms with Crippen LogP contribution in [-0.4, -0.2) is 0 Å². The van der Waals surface area contributed by atoms with Crippen LogP contribution < -0.4 is 0 Å². The summed E-state index contributed by atoms with van der Waals surface area (Å²) in [7, 11) is 0. The van der Waals surface area contributed by atoms with Crippen LogP contribution in [0.3, 0.4) is 0 Å². The van der Waals surface area contributed by atoms with Gasteiger partial charge in [-0.2, -0.15) is 0 Å². The van der Waals surface area contributed by atoms with Crippen molar-refractivity contribution in [2.45, 2.75) is 34.1 Å². The summed E-state index contributed by atoms with van der Waals surface area (Å²) in [5.41, 5.74) is 6.78. The summed E-state index contributed by atoms with van der Waals surface area (Å²) >= 11 is 0. The van der Waals surface area contributed by atoms with Gasteiger partial charge in [-0.3, -0.25) is 0 Å². The summed E-state index contributed by atoms with van der Waals surface area (Å²) in [4.78, 5) is 0. The van der Waals surface area contributed by atoms with Crippen LogP contribution in [-0.2, 0) is 6.42 Å². The highest BCUT2D eigenvalue weighted by atomic mass is 14.1.